The Morgan fingerprint density at radius 3 is 2.55 bits per heavy atom. The summed E-state index contributed by atoms with van der Waals surface area (Å²) in [7, 11) is 0. The lowest BCUT2D eigenvalue weighted by Gasteiger charge is -2.21. The molecule has 0 aliphatic carbocycles. The molecule has 0 saturated carbocycles. The zero-order chi connectivity index (χ0) is 16.1. The first kappa shape index (κ1) is 16.0. The Morgan fingerprint density at radius 1 is 1.27 bits per heavy atom. The van der Waals surface area contributed by atoms with Gasteiger partial charge in [-0.15, -0.1) is 11.3 Å². The van der Waals surface area contributed by atoms with Crippen molar-refractivity contribution in [3.8, 4) is 11.3 Å². The first-order chi connectivity index (χ1) is 10.5. The topological polar surface area (TPSA) is 90.7 Å². The Morgan fingerprint density at radius 2 is 1.95 bits per heavy atom. The maximum Gasteiger partial charge on any atom is 0.323 e. The molecule has 0 amide bonds. The van der Waals surface area contributed by atoms with Gasteiger partial charge in [-0.05, 0) is 0 Å². The summed E-state index contributed by atoms with van der Waals surface area (Å²) in [6.07, 6.45) is 0. The van der Waals surface area contributed by atoms with Gasteiger partial charge in [0.15, 0.2) is 5.13 Å². The normalized spacial score (nSPS) is 11.9. The highest BCUT2D eigenvalue weighted by Crippen LogP contribution is 2.27. The highest BCUT2D eigenvalue weighted by molar-refractivity contribution is 7.14. The van der Waals surface area contributed by atoms with E-state index in [-0.39, 0.29) is 13.1 Å². The molecule has 0 radical (unpaired) electrons. The molecule has 0 aliphatic rings. The molecule has 0 bridgehead atoms. The molecule has 0 saturated heterocycles. The van der Waals surface area contributed by atoms with Gasteiger partial charge < -0.3 is 15.1 Å². The minimum atomic E-state index is -1.02. The van der Waals surface area contributed by atoms with E-state index >= 15 is 0 Å². The number of aromatic nitrogens is 1. The van der Waals surface area contributed by atoms with E-state index in [9.17, 15) is 9.59 Å². The van der Waals surface area contributed by atoms with Crippen molar-refractivity contribution in [2.75, 3.05) is 18.0 Å². The Bertz CT molecular complexity index is 657. The second kappa shape index (κ2) is 7.04. The van der Waals surface area contributed by atoms with Crippen LogP contribution in [0.5, 0.6) is 0 Å². The van der Waals surface area contributed by atoms with Crippen LogP contribution < -0.4 is 4.90 Å². The number of anilines is 1. The first-order valence-electron chi connectivity index (χ1n) is 6.68. The molecule has 1 unspecified atom stereocenters. The van der Waals surface area contributed by atoms with Crippen LogP contribution in [0.25, 0.3) is 11.3 Å². The number of nitrogens with zero attached hydrogens (tertiary/aromatic N) is 2. The molecule has 1 heterocycles. The van der Waals surface area contributed by atoms with Crippen LogP contribution in [0.1, 0.15) is 6.92 Å². The largest absolute Gasteiger partial charge is 0.481 e. The average molecular weight is 320 g/mol. The van der Waals surface area contributed by atoms with E-state index in [2.05, 4.69) is 4.98 Å². The van der Waals surface area contributed by atoms with Crippen LogP contribution in [0.15, 0.2) is 35.7 Å². The fourth-order valence-electron chi connectivity index (χ4n) is 1.93. The smallest absolute Gasteiger partial charge is 0.323 e. The second-order valence-electron chi connectivity index (χ2n) is 4.89. The summed E-state index contributed by atoms with van der Waals surface area (Å²) in [5, 5.41) is 20.4. The zero-order valence-electron chi connectivity index (χ0n) is 12.0. The molecular weight excluding hydrogens is 304 g/mol. The van der Waals surface area contributed by atoms with Crippen LogP contribution in [0.2, 0.25) is 0 Å². The molecule has 7 heteroatoms. The van der Waals surface area contributed by atoms with E-state index in [1.807, 2.05) is 35.7 Å². The van der Waals surface area contributed by atoms with Gasteiger partial charge in [0.05, 0.1) is 11.6 Å². The van der Waals surface area contributed by atoms with Gasteiger partial charge in [0.2, 0.25) is 0 Å². The average Bonchev–Trinajstić information content (AvgIpc) is 2.96. The van der Waals surface area contributed by atoms with Crippen LogP contribution in [0.4, 0.5) is 5.13 Å². The van der Waals surface area contributed by atoms with Gasteiger partial charge in [-0.25, -0.2) is 4.98 Å². The number of carboxylic acids is 2. The van der Waals surface area contributed by atoms with E-state index in [4.69, 9.17) is 10.2 Å². The molecule has 6 nitrogen and oxygen atoms in total. The molecule has 0 aliphatic heterocycles. The van der Waals surface area contributed by atoms with Gasteiger partial charge in [-0.2, -0.15) is 0 Å². The molecule has 2 aromatic rings. The van der Waals surface area contributed by atoms with Crippen LogP contribution in [-0.2, 0) is 9.59 Å². The number of hydrogen-bond donors (Lipinski definition) is 2. The standard InChI is InChI=1S/C15H16N2O4S/c1-10(14(20)21)7-17(8-13(18)19)15-16-12(9-22-15)11-5-3-2-4-6-11/h2-6,9-10H,7-8H2,1H3,(H,18,19)(H,20,21). The Balaban J connectivity index is 2.22. The van der Waals surface area contributed by atoms with E-state index < -0.39 is 17.9 Å². The Kier molecular flexibility index (Phi) is 5.11. The number of benzene rings is 1. The monoisotopic (exact) mass is 320 g/mol. The number of thiazole rings is 1. The van der Waals surface area contributed by atoms with Crippen LogP contribution in [0.3, 0.4) is 0 Å². The zero-order valence-corrected chi connectivity index (χ0v) is 12.8. The maximum atomic E-state index is 11.0. The minimum Gasteiger partial charge on any atom is -0.481 e. The molecule has 1 aromatic carbocycles. The quantitative estimate of drug-likeness (QED) is 0.814. The first-order valence-corrected chi connectivity index (χ1v) is 7.56. The van der Waals surface area contributed by atoms with Gasteiger partial charge >= 0.3 is 11.9 Å². The van der Waals surface area contributed by atoms with E-state index in [1.165, 1.54) is 16.2 Å². The third kappa shape index (κ3) is 4.05. The van der Waals surface area contributed by atoms with Gasteiger partial charge in [0.1, 0.15) is 6.54 Å². The number of carbonyl (C=O) groups is 2. The number of hydrogen-bond acceptors (Lipinski definition) is 5. The minimum absolute atomic E-state index is 0.101. The second-order valence-corrected chi connectivity index (χ2v) is 5.73. The summed E-state index contributed by atoms with van der Waals surface area (Å²) in [4.78, 5) is 27.9. The summed E-state index contributed by atoms with van der Waals surface area (Å²) >= 11 is 1.31. The molecule has 1 atom stereocenters. The Hall–Kier alpha value is -2.41. The number of carboxylic acid groups (broad SMARTS) is 2. The predicted molar refractivity (Wildman–Crippen MR) is 84.2 cm³/mol. The van der Waals surface area contributed by atoms with Crippen LogP contribution in [0, 0.1) is 5.92 Å². The van der Waals surface area contributed by atoms with Gasteiger partial charge in [0.25, 0.3) is 0 Å². The van der Waals surface area contributed by atoms with Crippen molar-refractivity contribution >= 4 is 28.4 Å². The molecule has 116 valence electrons. The lowest BCUT2D eigenvalue weighted by Crippen LogP contribution is -2.35. The molecule has 0 spiro atoms. The number of rotatable bonds is 7. The van der Waals surface area contributed by atoms with Gasteiger partial charge in [-0.1, -0.05) is 37.3 Å². The molecule has 2 N–H and O–H groups in total. The van der Waals surface area contributed by atoms with Crippen molar-refractivity contribution in [1.82, 2.24) is 4.98 Å². The highest BCUT2D eigenvalue weighted by Gasteiger charge is 2.21. The van der Waals surface area contributed by atoms with Crippen LogP contribution >= 0.6 is 11.3 Å². The Labute approximate surface area is 131 Å². The van der Waals surface area contributed by atoms with Crippen molar-refractivity contribution < 1.29 is 19.8 Å². The fraction of sp³-hybridized carbons (Fsp3) is 0.267. The summed E-state index contributed by atoms with van der Waals surface area (Å²) in [5.74, 6) is -2.66. The van der Waals surface area contributed by atoms with Crippen molar-refractivity contribution in [2.45, 2.75) is 6.92 Å². The third-order valence-corrected chi connectivity index (χ3v) is 3.98. The fourth-order valence-corrected chi connectivity index (χ4v) is 2.78. The molecule has 2 rings (SSSR count). The number of aliphatic carboxylic acids is 2. The summed E-state index contributed by atoms with van der Waals surface area (Å²) < 4.78 is 0. The molecule has 0 fully saturated rings. The van der Waals surface area contributed by atoms with E-state index in [0.29, 0.717) is 5.13 Å². The summed E-state index contributed by atoms with van der Waals surface area (Å²) in [6, 6.07) is 9.54. The van der Waals surface area contributed by atoms with Crippen molar-refractivity contribution in [2.24, 2.45) is 5.92 Å². The van der Waals surface area contributed by atoms with Crippen molar-refractivity contribution in [3.05, 3.63) is 35.7 Å². The summed E-state index contributed by atoms with van der Waals surface area (Å²) in [5.41, 5.74) is 1.69. The SMILES string of the molecule is CC(CN(CC(=O)O)c1nc(-c2ccccc2)cs1)C(=O)O. The van der Waals surface area contributed by atoms with E-state index in [0.717, 1.165) is 11.3 Å². The van der Waals surface area contributed by atoms with Gasteiger partial charge in [0, 0.05) is 17.5 Å². The molecule has 1 aromatic heterocycles. The lowest BCUT2D eigenvalue weighted by atomic mass is 10.2. The predicted octanol–water partition coefficient (Wildman–Crippen LogP) is 2.42. The van der Waals surface area contributed by atoms with Crippen LogP contribution in [-0.4, -0.2) is 40.2 Å². The highest BCUT2D eigenvalue weighted by atomic mass is 32.1. The molecular formula is C15H16N2O4S. The van der Waals surface area contributed by atoms with Crippen molar-refractivity contribution in [1.29, 1.82) is 0 Å². The molecule has 22 heavy (non-hydrogen) atoms. The van der Waals surface area contributed by atoms with E-state index in [1.54, 1.807) is 6.92 Å². The van der Waals surface area contributed by atoms with Crippen molar-refractivity contribution in [3.63, 3.8) is 0 Å². The maximum absolute atomic E-state index is 11.0. The summed E-state index contributed by atoms with van der Waals surface area (Å²) in [6.45, 7) is 1.37. The van der Waals surface area contributed by atoms with Gasteiger partial charge in [-0.3, -0.25) is 9.59 Å². The third-order valence-electron chi connectivity index (χ3n) is 3.07. The lowest BCUT2D eigenvalue weighted by molar-refractivity contribution is -0.141.